The van der Waals surface area contributed by atoms with Crippen molar-refractivity contribution in [2.45, 2.75) is 24.8 Å². The molecule has 0 saturated carbocycles. The fourth-order valence-electron chi connectivity index (χ4n) is 1.54. The highest BCUT2D eigenvalue weighted by molar-refractivity contribution is 7.98. The Bertz CT molecular complexity index is 477. The van der Waals surface area contributed by atoms with Gasteiger partial charge < -0.3 is 5.32 Å². The standard InChI is InChI=1S/C11H19N3O2S2/c1-4-13-10-5-6-12-7-11(10)18(15,16)14-9(2)8-17-3/h5-7,9,14H,4,8H2,1-3H3,(H,12,13). The van der Waals surface area contributed by atoms with Crippen LogP contribution < -0.4 is 10.0 Å². The third kappa shape index (κ3) is 4.15. The van der Waals surface area contributed by atoms with Crippen LogP contribution in [-0.4, -0.2) is 38.0 Å². The minimum absolute atomic E-state index is 0.111. The zero-order valence-electron chi connectivity index (χ0n) is 10.8. The highest BCUT2D eigenvalue weighted by Crippen LogP contribution is 2.19. The predicted molar refractivity (Wildman–Crippen MR) is 76.6 cm³/mol. The molecule has 0 amide bonds. The predicted octanol–water partition coefficient (Wildman–Crippen LogP) is 1.54. The minimum Gasteiger partial charge on any atom is -0.384 e. The van der Waals surface area contributed by atoms with Gasteiger partial charge in [-0.05, 0) is 26.2 Å². The molecule has 1 heterocycles. The first-order valence-electron chi connectivity index (χ1n) is 5.70. The van der Waals surface area contributed by atoms with Crippen LogP contribution in [0.2, 0.25) is 0 Å². The van der Waals surface area contributed by atoms with Gasteiger partial charge in [-0.3, -0.25) is 4.98 Å². The minimum atomic E-state index is -3.52. The van der Waals surface area contributed by atoms with Crippen molar-refractivity contribution in [1.82, 2.24) is 9.71 Å². The molecular weight excluding hydrogens is 270 g/mol. The molecule has 0 bridgehead atoms. The molecule has 7 heteroatoms. The fourth-order valence-corrected chi connectivity index (χ4v) is 3.60. The van der Waals surface area contributed by atoms with E-state index in [0.29, 0.717) is 12.2 Å². The number of anilines is 1. The van der Waals surface area contributed by atoms with Crippen molar-refractivity contribution in [3.8, 4) is 0 Å². The Morgan fingerprint density at radius 3 is 2.83 bits per heavy atom. The van der Waals surface area contributed by atoms with Crippen LogP contribution in [0.15, 0.2) is 23.4 Å². The molecule has 0 aromatic carbocycles. The number of nitrogens with zero attached hydrogens (tertiary/aromatic N) is 1. The van der Waals surface area contributed by atoms with E-state index < -0.39 is 10.0 Å². The number of rotatable bonds is 7. The summed E-state index contributed by atoms with van der Waals surface area (Å²) in [6.45, 7) is 4.42. The molecule has 0 radical (unpaired) electrons. The highest BCUT2D eigenvalue weighted by Gasteiger charge is 2.20. The number of sulfonamides is 1. The van der Waals surface area contributed by atoms with Crippen LogP contribution >= 0.6 is 11.8 Å². The molecule has 0 aliphatic rings. The zero-order chi connectivity index (χ0) is 13.6. The van der Waals surface area contributed by atoms with Crippen LogP contribution in [-0.2, 0) is 10.0 Å². The molecule has 0 saturated heterocycles. The molecule has 1 unspecified atom stereocenters. The highest BCUT2D eigenvalue weighted by atomic mass is 32.2. The number of pyridine rings is 1. The van der Waals surface area contributed by atoms with Crippen LogP contribution in [0.1, 0.15) is 13.8 Å². The lowest BCUT2D eigenvalue weighted by Gasteiger charge is -2.15. The molecule has 1 atom stereocenters. The Balaban J connectivity index is 2.97. The summed E-state index contributed by atoms with van der Waals surface area (Å²) >= 11 is 1.60. The van der Waals surface area contributed by atoms with Crippen LogP contribution in [0.25, 0.3) is 0 Å². The van der Waals surface area contributed by atoms with E-state index in [1.54, 1.807) is 24.0 Å². The molecule has 0 aliphatic heterocycles. The Kier molecular flexibility index (Phi) is 5.90. The van der Waals surface area contributed by atoms with Crippen molar-refractivity contribution in [2.24, 2.45) is 0 Å². The van der Waals surface area contributed by atoms with Crippen molar-refractivity contribution in [3.63, 3.8) is 0 Å². The van der Waals surface area contributed by atoms with Crippen LogP contribution in [0.5, 0.6) is 0 Å². The van der Waals surface area contributed by atoms with Gasteiger partial charge in [-0.15, -0.1) is 0 Å². The lowest BCUT2D eigenvalue weighted by molar-refractivity contribution is 0.571. The van der Waals surface area contributed by atoms with Crippen molar-refractivity contribution in [2.75, 3.05) is 23.9 Å². The second kappa shape index (κ2) is 6.96. The Hall–Kier alpha value is -0.790. The van der Waals surface area contributed by atoms with Crippen molar-refractivity contribution < 1.29 is 8.42 Å². The molecule has 102 valence electrons. The molecule has 2 N–H and O–H groups in total. The van der Waals surface area contributed by atoms with E-state index in [1.165, 1.54) is 6.20 Å². The number of nitrogens with one attached hydrogen (secondary N) is 2. The third-order valence-electron chi connectivity index (χ3n) is 2.21. The zero-order valence-corrected chi connectivity index (χ0v) is 12.4. The Morgan fingerprint density at radius 2 is 2.22 bits per heavy atom. The summed E-state index contributed by atoms with van der Waals surface area (Å²) in [6, 6.07) is 1.55. The van der Waals surface area contributed by atoms with Crippen LogP contribution in [0.4, 0.5) is 5.69 Å². The van der Waals surface area contributed by atoms with Gasteiger partial charge in [0, 0.05) is 30.7 Å². The quantitative estimate of drug-likeness (QED) is 0.797. The lowest BCUT2D eigenvalue weighted by Crippen LogP contribution is -2.34. The van der Waals surface area contributed by atoms with Gasteiger partial charge in [-0.25, -0.2) is 13.1 Å². The molecular formula is C11H19N3O2S2. The van der Waals surface area contributed by atoms with Gasteiger partial charge in [0.2, 0.25) is 10.0 Å². The Labute approximate surface area is 113 Å². The number of hydrogen-bond acceptors (Lipinski definition) is 5. The molecule has 1 aromatic rings. The molecule has 0 spiro atoms. The van der Waals surface area contributed by atoms with E-state index in [2.05, 4.69) is 15.0 Å². The maximum absolute atomic E-state index is 12.2. The van der Waals surface area contributed by atoms with Crippen molar-refractivity contribution >= 4 is 27.5 Å². The first-order valence-corrected chi connectivity index (χ1v) is 8.58. The summed E-state index contributed by atoms with van der Waals surface area (Å²) in [5.41, 5.74) is 0.580. The molecule has 5 nitrogen and oxygen atoms in total. The summed E-state index contributed by atoms with van der Waals surface area (Å²) in [7, 11) is -3.52. The van der Waals surface area contributed by atoms with E-state index in [1.807, 2.05) is 20.1 Å². The molecule has 1 rings (SSSR count). The fraction of sp³-hybridized carbons (Fsp3) is 0.545. The first kappa shape index (κ1) is 15.3. The Morgan fingerprint density at radius 1 is 1.50 bits per heavy atom. The lowest BCUT2D eigenvalue weighted by atomic mass is 10.4. The average Bonchev–Trinajstić information content (AvgIpc) is 2.29. The van der Waals surface area contributed by atoms with Gasteiger partial charge in [0.15, 0.2) is 0 Å². The summed E-state index contributed by atoms with van der Waals surface area (Å²) in [5.74, 6) is 0.732. The smallest absolute Gasteiger partial charge is 0.244 e. The number of thioether (sulfide) groups is 1. The molecule has 1 aromatic heterocycles. The monoisotopic (exact) mass is 289 g/mol. The van der Waals surface area contributed by atoms with E-state index in [9.17, 15) is 8.42 Å². The first-order chi connectivity index (χ1) is 8.51. The molecule has 18 heavy (non-hydrogen) atoms. The summed E-state index contributed by atoms with van der Waals surface area (Å²) < 4.78 is 27.1. The summed E-state index contributed by atoms with van der Waals surface area (Å²) in [6.07, 6.45) is 4.88. The van der Waals surface area contributed by atoms with E-state index in [4.69, 9.17) is 0 Å². The summed E-state index contributed by atoms with van der Waals surface area (Å²) in [5, 5.41) is 3.02. The number of aromatic nitrogens is 1. The molecule has 0 aliphatic carbocycles. The maximum Gasteiger partial charge on any atom is 0.244 e. The van der Waals surface area contributed by atoms with Gasteiger partial charge in [-0.1, -0.05) is 0 Å². The van der Waals surface area contributed by atoms with Gasteiger partial charge in [0.05, 0.1) is 5.69 Å². The van der Waals surface area contributed by atoms with Gasteiger partial charge in [0.25, 0.3) is 0 Å². The third-order valence-corrected chi connectivity index (χ3v) is 4.66. The van der Waals surface area contributed by atoms with Gasteiger partial charge in [-0.2, -0.15) is 11.8 Å². The maximum atomic E-state index is 12.2. The number of hydrogen-bond donors (Lipinski definition) is 2. The second-order valence-corrected chi connectivity index (χ2v) is 6.47. The second-order valence-electron chi connectivity index (χ2n) is 3.88. The largest absolute Gasteiger partial charge is 0.384 e. The SMILES string of the molecule is CCNc1ccncc1S(=O)(=O)NC(C)CSC. The average molecular weight is 289 g/mol. The van der Waals surface area contributed by atoms with Crippen molar-refractivity contribution in [3.05, 3.63) is 18.5 Å². The normalized spacial score (nSPS) is 13.3. The summed E-state index contributed by atoms with van der Waals surface area (Å²) in [4.78, 5) is 4.08. The van der Waals surface area contributed by atoms with E-state index in [0.717, 1.165) is 5.75 Å². The van der Waals surface area contributed by atoms with Crippen LogP contribution in [0.3, 0.4) is 0 Å². The van der Waals surface area contributed by atoms with Crippen molar-refractivity contribution in [1.29, 1.82) is 0 Å². The van der Waals surface area contributed by atoms with Gasteiger partial charge in [0.1, 0.15) is 4.90 Å². The van der Waals surface area contributed by atoms with Crippen LogP contribution in [0, 0.1) is 0 Å². The van der Waals surface area contributed by atoms with E-state index >= 15 is 0 Å². The topological polar surface area (TPSA) is 71.1 Å². The van der Waals surface area contributed by atoms with E-state index in [-0.39, 0.29) is 10.9 Å². The van der Waals surface area contributed by atoms with Gasteiger partial charge >= 0.3 is 0 Å². The molecule has 0 fully saturated rings.